The van der Waals surface area contributed by atoms with Gasteiger partial charge in [-0.2, -0.15) is 0 Å². The normalized spacial score (nSPS) is 13.0. The van der Waals surface area contributed by atoms with E-state index in [1.165, 1.54) is 6.92 Å². The van der Waals surface area contributed by atoms with Crippen LogP contribution in [0.4, 0.5) is 0 Å². The first-order valence-electron chi connectivity index (χ1n) is 24.8. The Balaban J connectivity index is 0.000000483. The highest BCUT2D eigenvalue weighted by molar-refractivity contribution is 6.32. The fraction of sp³-hybridized carbons (Fsp3) is 0.441. The van der Waals surface area contributed by atoms with Crippen LogP contribution in [0.2, 0.25) is 10.0 Å². The number of carbonyl (C=O) groups excluding carboxylic acids is 3. The summed E-state index contributed by atoms with van der Waals surface area (Å²) in [6, 6.07) is 25.3. The lowest BCUT2D eigenvalue weighted by atomic mass is 10.0. The number of imidazole rings is 2. The zero-order chi connectivity index (χ0) is 54.8. The molecule has 2 aromatic heterocycles. The average Bonchev–Trinajstić information content (AvgIpc) is 4.11. The lowest BCUT2D eigenvalue weighted by Crippen LogP contribution is -2.37. The van der Waals surface area contributed by atoms with E-state index >= 15 is 0 Å². The van der Waals surface area contributed by atoms with Crippen molar-refractivity contribution in [2.75, 3.05) is 39.6 Å². The molecule has 0 aliphatic carbocycles. The molecule has 2 amide bonds. The Hall–Kier alpha value is -6.15. The van der Waals surface area contributed by atoms with Crippen molar-refractivity contribution in [3.05, 3.63) is 141 Å². The van der Waals surface area contributed by atoms with Gasteiger partial charge in [-0.3, -0.25) is 14.4 Å². The number of hydrogen-bond donors (Lipinski definition) is 6. The van der Waals surface area contributed by atoms with Crippen molar-refractivity contribution in [1.82, 2.24) is 29.7 Å². The standard InChI is InChI=1S/C28H34ClN3O5.C26H30ClN3O4.C2H6O2.3CH4/c1-18(2)37-25-10-9-21(16-23(25)29)26(34)30-22(11-12-33)15-19-5-7-20(8-6-19)24-17-32(4)27(31-24)28(3)35-13-14-36-28;1-16(2)34-24-10-9-20(14-22(24)27)26(33)28-21(11-12-31)13-18-5-7-19(8-6-18)23-15-30(4)25(29-23)17(3)32;3-1-2-4;;;/h5-10,16-18,22,33H,11-15H2,1-4H3,(H,30,34);5-10,14-16,21,31H,11-13H2,1-4H3,(H,28,33);3-4H,1-2H2;3*1H4/t22-;21-;;;;/m11..../s1. The summed E-state index contributed by atoms with van der Waals surface area (Å²) in [5.41, 5.74) is 6.31. The maximum Gasteiger partial charge on any atom is 0.251 e. The monoisotopic (exact) mass is 1120 g/mol. The largest absolute Gasteiger partial charge is 0.489 e. The summed E-state index contributed by atoms with van der Waals surface area (Å²) < 4.78 is 26.4. The molecule has 2 atom stereocenters. The van der Waals surface area contributed by atoms with Crippen LogP contribution in [0.3, 0.4) is 0 Å². The fourth-order valence-corrected chi connectivity index (χ4v) is 8.53. The minimum Gasteiger partial charge on any atom is -0.489 e. The molecular formula is C59H82Cl2N6O11. The number of aliphatic hydroxyl groups is 4. The molecule has 4 aromatic carbocycles. The highest BCUT2D eigenvalue weighted by atomic mass is 35.5. The number of nitrogens with one attached hydrogen (secondary N) is 2. The summed E-state index contributed by atoms with van der Waals surface area (Å²) in [6.07, 6.45) is 5.71. The molecule has 1 fully saturated rings. The van der Waals surface area contributed by atoms with Gasteiger partial charge in [0.15, 0.2) is 17.4 Å². The molecule has 7 rings (SSSR count). The highest BCUT2D eigenvalue weighted by Gasteiger charge is 2.37. The molecule has 19 heteroatoms. The van der Waals surface area contributed by atoms with Crippen LogP contribution in [0.1, 0.15) is 125 Å². The van der Waals surface area contributed by atoms with E-state index in [4.69, 9.17) is 57.3 Å². The molecule has 428 valence electrons. The number of hydrogen-bond acceptors (Lipinski definition) is 13. The first-order chi connectivity index (χ1) is 35.8. The molecule has 0 spiro atoms. The number of aliphatic hydroxyl groups excluding tert-OH is 4. The van der Waals surface area contributed by atoms with Gasteiger partial charge in [-0.1, -0.05) is 94.0 Å². The second-order valence-corrected chi connectivity index (χ2v) is 19.4. The Morgan fingerprint density at radius 3 is 1.37 bits per heavy atom. The molecule has 0 unspecified atom stereocenters. The minimum absolute atomic E-state index is 0. The molecule has 3 heterocycles. The van der Waals surface area contributed by atoms with Crippen LogP contribution < -0.4 is 20.1 Å². The van der Waals surface area contributed by atoms with Gasteiger partial charge in [-0.15, -0.1) is 0 Å². The molecule has 1 aliphatic heterocycles. The zero-order valence-corrected chi connectivity index (χ0v) is 45.3. The van der Waals surface area contributed by atoms with E-state index in [2.05, 4.69) is 15.6 Å². The Labute approximate surface area is 470 Å². The number of nitrogens with zero attached hydrogens (tertiary/aromatic N) is 4. The number of benzene rings is 4. The number of aromatic nitrogens is 4. The van der Waals surface area contributed by atoms with Crippen molar-refractivity contribution in [2.24, 2.45) is 14.1 Å². The molecule has 78 heavy (non-hydrogen) atoms. The van der Waals surface area contributed by atoms with Gasteiger partial charge in [-0.05, 0) is 108 Å². The number of aryl methyl sites for hydroxylation is 2. The van der Waals surface area contributed by atoms with Crippen LogP contribution in [0, 0.1) is 0 Å². The van der Waals surface area contributed by atoms with E-state index in [0.29, 0.717) is 77.4 Å². The Bertz CT molecular complexity index is 2790. The van der Waals surface area contributed by atoms with Gasteiger partial charge >= 0.3 is 0 Å². The van der Waals surface area contributed by atoms with Crippen LogP contribution in [-0.2, 0) is 42.2 Å². The third-order valence-electron chi connectivity index (χ3n) is 11.6. The quantitative estimate of drug-likeness (QED) is 0.0369. The van der Waals surface area contributed by atoms with E-state index in [1.807, 2.05) is 107 Å². The molecule has 1 saturated heterocycles. The summed E-state index contributed by atoms with van der Waals surface area (Å²) in [7, 11) is 3.72. The van der Waals surface area contributed by atoms with Crippen LogP contribution in [0.25, 0.3) is 22.5 Å². The maximum absolute atomic E-state index is 12.9. The number of ether oxygens (including phenoxy) is 4. The molecule has 0 saturated carbocycles. The second-order valence-electron chi connectivity index (χ2n) is 18.6. The SMILES string of the molecule is C.C.C.CC(=O)c1nc(-c2ccc(C[C@@H](CCO)NC(=O)c3ccc(OC(C)C)c(Cl)c3)cc2)cn1C.CC(C)Oc1ccc(C(=O)N[C@H](CCO)Cc2ccc(-c3cn(C)c(C4(C)OCCO4)n3)cc2)cc1Cl.OCCO. The van der Waals surface area contributed by atoms with E-state index in [0.717, 1.165) is 39.5 Å². The number of rotatable bonds is 21. The zero-order valence-electron chi connectivity index (χ0n) is 43.8. The van der Waals surface area contributed by atoms with Crippen molar-refractivity contribution < 1.29 is 53.8 Å². The number of ketones is 1. The third-order valence-corrected chi connectivity index (χ3v) is 12.2. The van der Waals surface area contributed by atoms with Gasteiger partial charge in [0.1, 0.15) is 11.5 Å². The Kier molecular flexibility index (Phi) is 28.5. The van der Waals surface area contributed by atoms with Gasteiger partial charge in [0, 0.05) is 81.0 Å². The molecule has 0 radical (unpaired) electrons. The minimum atomic E-state index is -0.839. The summed E-state index contributed by atoms with van der Waals surface area (Å²) in [6.45, 7) is 11.8. The molecule has 17 nitrogen and oxygen atoms in total. The molecular weight excluding hydrogens is 1040 g/mol. The fourth-order valence-electron chi connectivity index (χ4n) is 8.08. The summed E-state index contributed by atoms with van der Waals surface area (Å²) in [5.74, 6) is 0.761. The lowest BCUT2D eigenvalue weighted by Gasteiger charge is -2.21. The first-order valence-corrected chi connectivity index (χ1v) is 25.6. The van der Waals surface area contributed by atoms with E-state index in [1.54, 1.807) is 48.0 Å². The number of halogens is 2. The van der Waals surface area contributed by atoms with Gasteiger partial charge in [0.05, 0.1) is 60.1 Å². The predicted octanol–water partition coefficient (Wildman–Crippen LogP) is 9.80. The van der Waals surface area contributed by atoms with Crippen LogP contribution in [0.15, 0.2) is 97.3 Å². The van der Waals surface area contributed by atoms with Crippen molar-refractivity contribution in [2.45, 2.75) is 120 Å². The molecule has 0 bridgehead atoms. The number of Topliss-reactive ketones (excluding diaryl/α,β-unsaturated/α-hetero) is 1. The van der Waals surface area contributed by atoms with Gasteiger partial charge in [0.25, 0.3) is 11.8 Å². The van der Waals surface area contributed by atoms with Crippen molar-refractivity contribution in [1.29, 1.82) is 0 Å². The summed E-state index contributed by atoms with van der Waals surface area (Å²) >= 11 is 12.6. The van der Waals surface area contributed by atoms with E-state index < -0.39 is 5.79 Å². The van der Waals surface area contributed by atoms with Crippen LogP contribution in [-0.4, -0.2) is 121 Å². The van der Waals surface area contributed by atoms with Gasteiger partial charge < -0.3 is 59.1 Å². The second kappa shape index (κ2) is 32.7. The molecule has 1 aliphatic rings. The summed E-state index contributed by atoms with van der Waals surface area (Å²) in [5, 5.41) is 41.1. The van der Waals surface area contributed by atoms with Crippen molar-refractivity contribution in [3.8, 4) is 34.0 Å². The number of carbonyl (C=O) groups is 3. The smallest absolute Gasteiger partial charge is 0.251 e. The third kappa shape index (κ3) is 19.6. The van der Waals surface area contributed by atoms with Gasteiger partial charge in [0.2, 0.25) is 5.79 Å². The summed E-state index contributed by atoms with van der Waals surface area (Å²) in [4.78, 5) is 46.5. The molecule has 6 aromatic rings. The van der Waals surface area contributed by atoms with Crippen molar-refractivity contribution in [3.63, 3.8) is 0 Å². The predicted molar refractivity (Wildman–Crippen MR) is 309 cm³/mol. The van der Waals surface area contributed by atoms with Crippen LogP contribution >= 0.6 is 23.2 Å². The number of amides is 2. The molecule has 6 N–H and O–H groups in total. The first kappa shape index (κ1) is 68.0. The Morgan fingerprint density at radius 2 is 1.03 bits per heavy atom. The van der Waals surface area contributed by atoms with Crippen molar-refractivity contribution >= 4 is 40.8 Å². The Morgan fingerprint density at radius 1 is 0.628 bits per heavy atom. The lowest BCUT2D eigenvalue weighted by molar-refractivity contribution is -0.157. The topological polar surface area (TPSA) is 229 Å². The maximum atomic E-state index is 12.9. The van der Waals surface area contributed by atoms with E-state index in [-0.39, 0.29) is 90.6 Å². The van der Waals surface area contributed by atoms with Gasteiger partial charge in [-0.25, -0.2) is 9.97 Å². The average molecular weight is 1120 g/mol. The van der Waals surface area contributed by atoms with Crippen LogP contribution in [0.5, 0.6) is 11.5 Å². The highest BCUT2D eigenvalue weighted by Crippen LogP contribution is 2.33. The van der Waals surface area contributed by atoms with E-state index in [9.17, 15) is 24.6 Å².